The maximum atomic E-state index is 14.8. The molecule has 1 amide bonds. The van der Waals surface area contributed by atoms with E-state index in [1.54, 1.807) is 25.1 Å². The first-order chi connectivity index (χ1) is 12.4. The van der Waals surface area contributed by atoms with Crippen LogP contribution in [-0.4, -0.2) is 31.4 Å². The van der Waals surface area contributed by atoms with E-state index in [1.807, 2.05) is 0 Å². The van der Waals surface area contributed by atoms with Crippen molar-refractivity contribution < 1.29 is 13.6 Å². The van der Waals surface area contributed by atoms with Crippen LogP contribution in [-0.2, 0) is 17.8 Å². The van der Waals surface area contributed by atoms with Crippen LogP contribution in [0.25, 0.3) is 0 Å². The first kappa shape index (κ1) is 18.8. The topological polar surface area (TPSA) is 44.4 Å². The molecule has 0 aliphatic carbocycles. The maximum Gasteiger partial charge on any atom is 0.246 e. The summed E-state index contributed by atoms with van der Waals surface area (Å²) in [5.41, 5.74) is 1.65. The second kappa shape index (κ2) is 7.70. The lowest BCUT2D eigenvalue weighted by Crippen LogP contribution is -2.33. The predicted molar refractivity (Wildman–Crippen MR) is 98.3 cm³/mol. The van der Waals surface area contributed by atoms with Crippen LogP contribution >= 0.6 is 11.6 Å². The Hall–Kier alpha value is -2.02. The quantitative estimate of drug-likeness (QED) is 0.854. The standard InChI is InChI=1S/C19H20ClF2N3O/c1-25(2)18(16-13(20)4-3-5-14(16)21)19(26)24-15-7-6-11-10-23-9-8-12(11)17(15)22/h3-7,18,23H,8-10H2,1-2H3,(H,24,26). The number of nitrogens with one attached hydrogen (secondary N) is 2. The lowest BCUT2D eigenvalue weighted by Gasteiger charge is -2.26. The number of carbonyl (C=O) groups excluding carboxylic acids is 1. The van der Waals surface area contributed by atoms with Crippen LogP contribution in [0, 0.1) is 11.6 Å². The van der Waals surface area contributed by atoms with E-state index >= 15 is 0 Å². The average molecular weight is 380 g/mol. The third-order valence-electron chi connectivity index (χ3n) is 4.50. The van der Waals surface area contributed by atoms with Crippen LogP contribution in [0.3, 0.4) is 0 Å². The van der Waals surface area contributed by atoms with Gasteiger partial charge in [-0.2, -0.15) is 0 Å². The van der Waals surface area contributed by atoms with Gasteiger partial charge in [-0.05, 0) is 56.4 Å². The van der Waals surface area contributed by atoms with Crippen molar-refractivity contribution in [2.75, 3.05) is 26.0 Å². The minimum absolute atomic E-state index is 0.0687. The molecule has 2 aromatic carbocycles. The Kier molecular flexibility index (Phi) is 5.55. The molecule has 26 heavy (non-hydrogen) atoms. The van der Waals surface area contributed by atoms with Crippen molar-refractivity contribution in [3.8, 4) is 0 Å². The second-order valence-corrected chi connectivity index (χ2v) is 6.89. The fraction of sp³-hybridized carbons (Fsp3) is 0.316. The van der Waals surface area contributed by atoms with Gasteiger partial charge >= 0.3 is 0 Å². The van der Waals surface area contributed by atoms with E-state index in [0.717, 1.165) is 5.56 Å². The van der Waals surface area contributed by atoms with Gasteiger partial charge in [-0.1, -0.05) is 23.7 Å². The van der Waals surface area contributed by atoms with E-state index in [1.165, 1.54) is 24.3 Å². The molecule has 0 saturated heterocycles. The summed E-state index contributed by atoms with van der Waals surface area (Å²) in [6.07, 6.45) is 0.557. The average Bonchev–Trinajstić information content (AvgIpc) is 2.60. The molecule has 1 aliphatic rings. The molecule has 0 bridgehead atoms. The molecular formula is C19H20ClF2N3O. The SMILES string of the molecule is CN(C)C(C(=O)Nc1ccc2c(c1F)CCNC2)c1c(F)cccc1Cl. The molecule has 4 nitrogen and oxygen atoms in total. The molecule has 3 rings (SSSR count). The minimum Gasteiger partial charge on any atom is -0.322 e. The zero-order valence-electron chi connectivity index (χ0n) is 14.6. The Labute approximate surface area is 156 Å². The lowest BCUT2D eigenvalue weighted by atomic mass is 9.99. The van der Waals surface area contributed by atoms with E-state index in [2.05, 4.69) is 10.6 Å². The van der Waals surface area contributed by atoms with E-state index < -0.39 is 23.6 Å². The van der Waals surface area contributed by atoms with Gasteiger partial charge in [-0.3, -0.25) is 9.69 Å². The van der Waals surface area contributed by atoms with E-state index in [9.17, 15) is 13.6 Å². The van der Waals surface area contributed by atoms with Crippen molar-refractivity contribution in [3.05, 3.63) is 63.7 Å². The maximum absolute atomic E-state index is 14.8. The van der Waals surface area contributed by atoms with Crippen LogP contribution in [0.5, 0.6) is 0 Å². The molecule has 2 aromatic rings. The van der Waals surface area contributed by atoms with Crippen molar-refractivity contribution in [2.45, 2.75) is 19.0 Å². The van der Waals surface area contributed by atoms with Crippen LogP contribution in [0.15, 0.2) is 30.3 Å². The zero-order valence-corrected chi connectivity index (χ0v) is 15.3. The molecule has 0 radical (unpaired) electrons. The molecule has 0 spiro atoms. The van der Waals surface area contributed by atoms with Crippen molar-refractivity contribution in [3.63, 3.8) is 0 Å². The summed E-state index contributed by atoms with van der Waals surface area (Å²) in [5, 5.41) is 5.92. The molecule has 1 heterocycles. The Morgan fingerprint density at radius 1 is 1.27 bits per heavy atom. The molecule has 138 valence electrons. The molecule has 0 aromatic heterocycles. The first-order valence-electron chi connectivity index (χ1n) is 8.32. The van der Waals surface area contributed by atoms with Gasteiger partial charge in [0.05, 0.1) is 5.69 Å². The molecular weight excluding hydrogens is 360 g/mol. The van der Waals surface area contributed by atoms with Crippen molar-refractivity contribution in [1.82, 2.24) is 10.2 Å². The highest BCUT2D eigenvalue weighted by molar-refractivity contribution is 6.31. The normalized spacial score (nSPS) is 14.8. The summed E-state index contributed by atoms with van der Waals surface area (Å²) in [7, 11) is 3.28. The molecule has 0 fully saturated rings. The number of hydrogen-bond acceptors (Lipinski definition) is 3. The molecule has 1 atom stereocenters. The third-order valence-corrected chi connectivity index (χ3v) is 4.83. The Balaban J connectivity index is 1.93. The van der Waals surface area contributed by atoms with Gasteiger partial charge < -0.3 is 10.6 Å². The summed E-state index contributed by atoms with van der Waals surface area (Å²) >= 11 is 6.11. The van der Waals surface area contributed by atoms with Crippen LogP contribution in [0.1, 0.15) is 22.7 Å². The fourth-order valence-corrected chi connectivity index (χ4v) is 3.49. The number of benzene rings is 2. The summed E-state index contributed by atoms with van der Waals surface area (Å²) in [6.45, 7) is 1.29. The number of nitrogens with zero attached hydrogens (tertiary/aromatic N) is 1. The highest BCUT2D eigenvalue weighted by Gasteiger charge is 2.29. The van der Waals surface area contributed by atoms with Crippen LogP contribution in [0.4, 0.5) is 14.5 Å². The van der Waals surface area contributed by atoms with Gasteiger partial charge in [0, 0.05) is 17.1 Å². The number of hydrogen-bond donors (Lipinski definition) is 2. The van der Waals surface area contributed by atoms with E-state index in [-0.39, 0.29) is 16.3 Å². The summed E-state index contributed by atoms with van der Waals surface area (Å²) in [5.74, 6) is -1.56. The van der Waals surface area contributed by atoms with Gasteiger partial charge in [0.2, 0.25) is 5.91 Å². The van der Waals surface area contributed by atoms with Crippen molar-refractivity contribution in [2.24, 2.45) is 0 Å². The Morgan fingerprint density at radius 3 is 2.73 bits per heavy atom. The highest BCUT2D eigenvalue weighted by Crippen LogP contribution is 2.31. The molecule has 7 heteroatoms. The number of anilines is 1. The van der Waals surface area contributed by atoms with Crippen molar-refractivity contribution >= 4 is 23.2 Å². The van der Waals surface area contributed by atoms with Gasteiger partial charge in [-0.15, -0.1) is 0 Å². The second-order valence-electron chi connectivity index (χ2n) is 6.48. The number of rotatable bonds is 4. The van der Waals surface area contributed by atoms with Gasteiger partial charge in [0.15, 0.2) is 0 Å². The van der Waals surface area contributed by atoms with Crippen LogP contribution in [0.2, 0.25) is 5.02 Å². The molecule has 1 unspecified atom stereocenters. The largest absolute Gasteiger partial charge is 0.322 e. The summed E-state index contributed by atoms with van der Waals surface area (Å²) < 4.78 is 29.1. The summed E-state index contributed by atoms with van der Waals surface area (Å²) in [4.78, 5) is 14.4. The first-order valence-corrected chi connectivity index (χ1v) is 8.70. The predicted octanol–water partition coefficient (Wildman–Crippen LogP) is 3.51. The Morgan fingerprint density at radius 2 is 2.04 bits per heavy atom. The number of likely N-dealkylation sites (N-methyl/N-ethyl adjacent to an activating group) is 1. The highest BCUT2D eigenvalue weighted by atomic mass is 35.5. The smallest absolute Gasteiger partial charge is 0.246 e. The van der Waals surface area contributed by atoms with E-state index in [4.69, 9.17) is 11.6 Å². The van der Waals surface area contributed by atoms with Gasteiger partial charge in [0.25, 0.3) is 0 Å². The lowest BCUT2D eigenvalue weighted by molar-refractivity contribution is -0.120. The molecule has 0 saturated carbocycles. The van der Waals surface area contributed by atoms with E-state index in [0.29, 0.717) is 25.1 Å². The number of fused-ring (bicyclic) bond motifs is 1. The van der Waals surface area contributed by atoms with Crippen molar-refractivity contribution in [1.29, 1.82) is 0 Å². The monoisotopic (exact) mass is 379 g/mol. The number of amides is 1. The van der Waals surface area contributed by atoms with Gasteiger partial charge in [0.1, 0.15) is 17.7 Å². The number of halogens is 3. The fourth-order valence-electron chi connectivity index (χ4n) is 3.23. The van der Waals surface area contributed by atoms with Crippen LogP contribution < -0.4 is 10.6 Å². The minimum atomic E-state index is -0.985. The van der Waals surface area contributed by atoms with Gasteiger partial charge in [-0.25, -0.2) is 8.78 Å². The summed E-state index contributed by atoms with van der Waals surface area (Å²) in [6, 6.07) is 6.59. The third kappa shape index (κ3) is 3.58. The molecule has 1 aliphatic heterocycles. The molecule has 2 N–H and O–H groups in total. The zero-order chi connectivity index (χ0) is 18.8. The number of carbonyl (C=O) groups is 1. The Bertz CT molecular complexity index is 822.